The zero-order chi connectivity index (χ0) is 56.6. The van der Waals surface area contributed by atoms with Gasteiger partial charge in [-0.3, -0.25) is 0 Å². The first-order chi connectivity index (χ1) is 41.2. The molecule has 1 atom stereocenters. The Morgan fingerprint density at radius 3 is 1.24 bits per heavy atom. The lowest BCUT2D eigenvalue weighted by atomic mass is 9.69. The summed E-state index contributed by atoms with van der Waals surface area (Å²) in [5.74, 6) is 0. The van der Waals surface area contributed by atoms with Crippen LogP contribution < -0.4 is 9.80 Å². The molecule has 4 aliphatic rings. The molecular weight excluding hydrogens is 1010 g/mol. The molecule has 1 unspecified atom stereocenters. The predicted molar refractivity (Wildman–Crippen MR) is 355 cm³/mol. The van der Waals surface area contributed by atoms with E-state index in [0.29, 0.717) is 0 Å². The Morgan fingerprint density at radius 1 is 0.333 bits per heavy atom. The Labute approximate surface area is 493 Å². The second-order valence-electron chi connectivity index (χ2n) is 24.2. The number of rotatable bonds is 7. The predicted octanol–water partition coefficient (Wildman–Crippen LogP) is 22.1. The van der Waals surface area contributed by atoms with Crippen LogP contribution in [0.25, 0.3) is 71.6 Å². The number of hydrogen-bond acceptors (Lipinski definition) is 2. The van der Waals surface area contributed by atoms with Crippen LogP contribution in [0.4, 0.5) is 34.1 Å². The first-order valence-corrected chi connectivity index (χ1v) is 29.7. The zero-order valence-corrected chi connectivity index (χ0v) is 48.1. The van der Waals surface area contributed by atoms with Gasteiger partial charge < -0.3 is 9.80 Å². The normalized spacial score (nSPS) is 16.5. The molecular formula is C82H62N2. The fourth-order valence-corrected chi connectivity index (χ4v) is 15.8. The van der Waals surface area contributed by atoms with E-state index in [1.807, 2.05) is 0 Å². The van der Waals surface area contributed by atoms with Crippen LogP contribution in [0.3, 0.4) is 0 Å². The summed E-state index contributed by atoms with van der Waals surface area (Å²) in [5.41, 5.74) is 28.5. The van der Waals surface area contributed by atoms with Gasteiger partial charge in [-0.05, 0) is 160 Å². The van der Waals surface area contributed by atoms with Crippen LogP contribution in [0.5, 0.6) is 0 Å². The molecule has 0 saturated heterocycles. The molecule has 12 aromatic rings. The molecule has 12 aromatic carbocycles. The minimum absolute atomic E-state index is 0.287. The number of anilines is 6. The van der Waals surface area contributed by atoms with Crippen LogP contribution in [0.15, 0.2) is 285 Å². The summed E-state index contributed by atoms with van der Waals surface area (Å²) in [5, 5.41) is 4.82. The first-order valence-electron chi connectivity index (χ1n) is 29.7. The van der Waals surface area contributed by atoms with Gasteiger partial charge in [-0.1, -0.05) is 265 Å². The minimum Gasteiger partial charge on any atom is -0.309 e. The molecule has 0 amide bonds. The van der Waals surface area contributed by atoms with Gasteiger partial charge in [0.15, 0.2) is 0 Å². The standard InChI is InChI=1S/C82H62N2/c1-7-28-56-57-33-15-17-42-67(57)82(66(56)8-2)68-43-18-16-34-62(68)77-63(41-27-46-71(77)82)76-58-37-23-35-54(60-39-25-47-72-78(60)83(52-29-11-9-12-30-52)74-49-21-19-44-69(74)80(72,3)4)64(58)51-65-55(36-24-38-59(65)76)61-40-26-48-73-79(61)84(53-31-13-10-14-32-53)75-50-22-20-45-70(75)81(73,5)6/h7-51H,2H2,1,3-6H3/b28-7-. The number of hydrogen-bond donors (Lipinski definition) is 0. The quantitative estimate of drug-likeness (QED) is 0.147. The van der Waals surface area contributed by atoms with E-state index in [0.717, 1.165) is 11.4 Å². The van der Waals surface area contributed by atoms with Crippen molar-refractivity contribution >= 4 is 61.2 Å². The average molecular weight is 1080 g/mol. The lowest BCUT2D eigenvalue weighted by Crippen LogP contribution is -2.31. The third-order valence-corrected chi connectivity index (χ3v) is 19.3. The number of allylic oxidation sites excluding steroid dienone is 5. The highest BCUT2D eigenvalue weighted by Gasteiger charge is 2.52. The van der Waals surface area contributed by atoms with Crippen LogP contribution in [-0.2, 0) is 16.2 Å². The van der Waals surface area contributed by atoms with Crippen molar-refractivity contribution in [3.63, 3.8) is 0 Å². The van der Waals surface area contributed by atoms with Gasteiger partial charge in [0.05, 0.1) is 28.2 Å². The Kier molecular flexibility index (Phi) is 11.0. The maximum Gasteiger partial charge on any atom is 0.0725 e. The number of para-hydroxylation sites is 6. The van der Waals surface area contributed by atoms with Crippen LogP contribution >= 0.6 is 0 Å². The molecule has 2 nitrogen and oxygen atoms in total. The summed E-state index contributed by atoms with van der Waals surface area (Å²) < 4.78 is 0. The summed E-state index contributed by atoms with van der Waals surface area (Å²) in [7, 11) is 0. The van der Waals surface area contributed by atoms with Crippen molar-refractivity contribution in [2.45, 2.75) is 50.9 Å². The molecule has 0 aromatic heterocycles. The monoisotopic (exact) mass is 1070 g/mol. The van der Waals surface area contributed by atoms with E-state index in [9.17, 15) is 0 Å². The minimum atomic E-state index is -0.577. The average Bonchev–Trinajstić information content (AvgIpc) is 1.57. The summed E-state index contributed by atoms with van der Waals surface area (Å²) in [6.07, 6.45) is 6.60. The lowest BCUT2D eigenvalue weighted by Gasteiger charge is -2.43. The first kappa shape index (κ1) is 49.8. The van der Waals surface area contributed by atoms with Gasteiger partial charge in [0, 0.05) is 33.3 Å². The van der Waals surface area contributed by atoms with E-state index >= 15 is 0 Å². The van der Waals surface area contributed by atoms with E-state index in [1.165, 1.54) is 144 Å². The summed E-state index contributed by atoms with van der Waals surface area (Å²) in [6, 6.07) is 96.1. The molecule has 2 aliphatic heterocycles. The van der Waals surface area contributed by atoms with Gasteiger partial charge in [0.25, 0.3) is 0 Å². The van der Waals surface area contributed by atoms with Crippen molar-refractivity contribution in [3.05, 3.63) is 330 Å². The third kappa shape index (κ3) is 6.68. The van der Waals surface area contributed by atoms with E-state index in [4.69, 9.17) is 0 Å². The van der Waals surface area contributed by atoms with Crippen LogP contribution in [0.1, 0.15) is 79.1 Å². The van der Waals surface area contributed by atoms with E-state index in [2.05, 4.69) is 324 Å². The molecule has 0 N–H and O–H groups in total. The van der Waals surface area contributed by atoms with E-state index in [1.54, 1.807) is 0 Å². The van der Waals surface area contributed by atoms with Gasteiger partial charge in [0.1, 0.15) is 0 Å². The third-order valence-electron chi connectivity index (χ3n) is 19.3. The van der Waals surface area contributed by atoms with Crippen molar-refractivity contribution < 1.29 is 0 Å². The molecule has 0 fully saturated rings. The van der Waals surface area contributed by atoms with Crippen molar-refractivity contribution in [2.24, 2.45) is 0 Å². The number of nitrogens with zero attached hydrogens (tertiary/aromatic N) is 2. The van der Waals surface area contributed by atoms with Gasteiger partial charge >= 0.3 is 0 Å². The number of benzene rings is 12. The van der Waals surface area contributed by atoms with Crippen LogP contribution in [0, 0.1) is 0 Å². The summed E-state index contributed by atoms with van der Waals surface area (Å²) in [4.78, 5) is 5.05. The maximum absolute atomic E-state index is 4.62. The molecule has 0 bridgehead atoms. The van der Waals surface area contributed by atoms with Crippen molar-refractivity contribution in [1.82, 2.24) is 0 Å². The fourth-order valence-electron chi connectivity index (χ4n) is 15.8. The summed E-state index contributed by atoms with van der Waals surface area (Å²) in [6.45, 7) is 16.3. The Morgan fingerprint density at radius 2 is 0.726 bits per heavy atom. The highest BCUT2D eigenvalue weighted by molar-refractivity contribution is 6.22. The molecule has 16 rings (SSSR count). The Balaban J connectivity index is 1.05. The maximum atomic E-state index is 4.62. The molecule has 0 saturated carbocycles. The van der Waals surface area contributed by atoms with Gasteiger partial charge in [-0.25, -0.2) is 0 Å². The summed E-state index contributed by atoms with van der Waals surface area (Å²) >= 11 is 0. The second kappa shape index (κ2) is 18.5. The highest BCUT2D eigenvalue weighted by Crippen LogP contribution is 2.65. The topological polar surface area (TPSA) is 6.48 Å². The largest absolute Gasteiger partial charge is 0.309 e. The van der Waals surface area contributed by atoms with Gasteiger partial charge in [0.2, 0.25) is 0 Å². The Bertz CT molecular complexity index is 4610. The van der Waals surface area contributed by atoms with Crippen LogP contribution in [0.2, 0.25) is 0 Å². The van der Waals surface area contributed by atoms with Crippen molar-refractivity contribution in [3.8, 4) is 44.5 Å². The molecule has 1 spiro atoms. The molecule has 2 heterocycles. The molecule has 400 valence electrons. The van der Waals surface area contributed by atoms with Gasteiger partial charge in [-0.2, -0.15) is 0 Å². The number of fused-ring (bicyclic) bond motifs is 13. The molecule has 2 heteroatoms. The second-order valence-corrected chi connectivity index (χ2v) is 24.2. The van der Waals surface area contributed by atoms with Crippen LogP contribution in [-0.4, -0.2) is 0 Å². The van der Waals surface area contributed by atoms with Crippen molar-refractivity contribution in [2.75, 3.05) is 9.80 Å². The zero-order valence-electron chi connectivity index (χ0n) is 48.1. The highest BCUT2D eigenvalue weighted by atomic mass is 15.2. The SMILES string of the molecule is C=CC1=C(/C=C\C)c2ccccc2C12c1ccccc1-c1c(-c3c4cccc(-c5cccc6c5N(c5ccccc5)c5ccccc5C6(C)C)c4cc4c(-c5cccc6c5N(c5ccccc5)c5ccccc5C6(C)C)cccc34)cccc12. The fraction of sp³-hybridized carbons (Fsp3) is 0.0976. The van der Waals surface area contributed by atoms with Gasteiger partial charge in [-0.15, -0.1) is 0 Å². The molecule has 84 heavy (non-hydrogen) atoms. The Hall–Kier alpha value is -10.0. The van der Waals surface area contributed by atoms with E-state index in [-0.39, 0.29) is 10.8 Å². The molecule has 0 radical (unpaired) electrons. The lowest BCUT2D eigenvalue weighted by molar-refractivity contribution is 0.632. The van der Waals surface area contributed by atoms with E-state index < -0.39 is 5.41 Å². The van der Waals surface area contributed by atoms with Crippen molar-refractivity contribution in [1.29, 1.82) is 0 Å². The smallest absolute Gasteiger partial charge is 0.0725 e. The molecule has 2 aliphatic carbocycles.